The zero-order chi connectivity index (χ0) is 13.3. The molecule has 6 heteroatoms. The highest BCUT2D eigenvalue weighted by Gasteiger charge is 2.31. The first-order chi connectivity index (χ1) is 8.47. The highest BCUT2D eigenvalue weighted by Crippen LogP contribution is 2.31. The topological polar surface area (TPSA) is 41.5 Å². The third kappa shape index (κ3) is 2.99. The van der Waals surface area contributed by atoms with E-state index in [1.807, 2.05) is 13.8 Å². The quantitative estimate of drug-likeness (QED) is 0.896. The van der Waals surface area contributed by atoms with Crippen molar-refractivity contribution < 1.29 is 4.79 Å². The van der Waals surface area contributed by atoms with E-state index in [2.05, 4.69) is 10.3 Å². The van der Waals surface area contributed by atoms with Crippen LogP contribution in [0.25, 0.3) is 0 Å². The maximum absolute atomic E-state index is 11.7. The van der Waals surface area contributed by atoms with Crippen molar-refractivity contribution in [3.05, 3.63) is 28.2 Å². The zero-order valence-electron chi connectivity index (χ0n) is 9.91. The van der Waals surface area contributed by atoms with E-state index in [1.54, 1.807) is 18.2 Å². The maximum Gasteiger partial charge on any atom is 0.261 e. The maximum atomic E-state index is 11.7. The summed E-state index contributed by atoms with van der Waals surface area (Å²) in [7, 11) is 0. The fourth-order valence-corrected chi connectivity index (χ4v) is 2.98. The number of thioether (sulfide) groups is 1. The molecule has 0 bridgehead atoms. The molecule has 0 radical (unpaired) electrons. The highest BCUT2D eigenvalue weighted by atomic mass is 35.5. The molecule has 1 aliphatic heterocycles. The molecule has 1 aliphatic rings. The number of hydrogen-bond acceptors (Lipinski definition) is 3. The van der Waals surface area contributed by atoms with Gasteiger partial charge in [0, 0.05) is 5.02 Å². The molecule has 1 N–H and O–H groups in total. The lowest BCUT2D eigenvalue weighted by Crippen LogP contribution is -2.17. The molecule has 0 aliphatic carbocycles. The van der Waals surface area contributed by atoms with E-state index in [0.29, 0.717) is 20.9 Å². The van der Waals surface area contributed by atoms with Gasteiger partial charge in [-0.3, -0.25) is 4.79 Å². The normalized spacial score (nSPS) is 19.3. The second-order valence-corrected chi connectivity index (χ2v) is 6.26. The molecule has 1 unspecified atom stereocenters. The van der Waals surface area contributed by atoms with Crippen molar-refractivity contribution >= 4 is 51.7 Å². The summed E-state index contributed by atoms with van der Waals surface area (Å²) in [5.41, 5.74) is 0.699. The van der Waals surface area contributed by atoms with Crippen molar-refractivity contribution in [1.82, 2.24) is 0 Å². The van der Waals surface area contributed by atoms with Gasteiger partial charge in [-0.05, 0) is 24.1 Å². The van der Waals surface area contributed by atoms with Crippen LogP contribution in [-0.2, 0) is 4.79 Å². The van der Waals surface area contributed by atoms with Crippen LogP contribution in [0.15, 0.2) is 23.2 Å². The van der Waals surface area contributed by atoms with Crippen LogP contribution in [0.2, 0.25) is 10.0 Å². The highest BCUT2D eigenvalue weighted by molar-refractivity contribution is 8.15. The van der Waals surface area contributed by atoms with Gasteiger partial charge in [0.2, 0.25) is 0 Å². The monoisotopic (exact) mass is 302 g/mol. The first-order valence-electron chi connectivity index (χ1n) is 5.48. The Morgan fingerprint density at radius 1 is 1.39 bits per heavy atom. The molecule has 0 saturated carbocycles. The Bertz CT molecular complexity index is 517. The lowest BCUT2D eigenvalue weighted by Gasteiger charge is -2.11. The molecular formula is C12H12Cl2N2OS. The van der Waals surface area contributed by atoms with Crippen molar-refractivity contribution in [2.45, 2.75) is 19.1 Å². The van der Waals surface area contributed by atoms with Gasteiger partial charge in [-0.2, -0.15) is 4.99 Å². The van der Waals surface area contributed by atoms with E-state index in [9.17, 15) is 4.79 Å². The molecule has 1 heterocycles. The van der Waals surface area contributed by atoms with Gasteiger partial charge < -0.3 is 5.32 Å². The van der Waals surface area contributed by atoms with Gasteiger partial charge in [0.25, 0.3) is 5.91 Å². The number of hydrogen-bond donors (Lipinski definition) is 1. The van der Waals surface area contributed by atoms with Crippen LogP contribution in [0.5, 0.6) is 0 Å². The summed E-state index contributed by atoms with van der Waals surface area (Å²) in [6.45, 7) is 4.01. The predicted molar refractivity (Wildman–Crippen MR) is 78.7 cm³/mol. The Morgan fingerprint density at radius 3 is 2.67 bits per heavy atom. The minimum Gasteiger partial charge on any atom is -0.333 e. The number of nitrogens with one attached hydrogen (secondary N) is 1. The Morgan fingerprint density at radius 2 is 2.11 bits per heavy atom. The van der Waals surface area contributed by atoms with E-state index in [4.69, 9.17) is 23.2 Å². The van der Waals surface area contributed by atoms with Crippen LogP contribution in [0, 0.1) is 5.92 Å². The Labute approximate surface area is 120 Å². The number of amidine groups is 1. The predicted octanol–water partition coefficient (Wildman–Crippen LogP) is 4.06. The van der Waals surface area contributed by atoms with E-state index < -0.39 is 0 Å². The summed E-state index contributed by atoms with van der Waals surface area (Å²) < 4.78 is 0. The molecule has 0 fully saturated rings. The van der Waals surface area contributed by atoms with Gasteiger partial charge in [0.15, 0.2) is 5.17 Å². The number of rotatable bonds is 2. The second kappa shape index (κ2) is 5.51. The third-order valence-corrected chi connectivity index (χ3v) is 4.44. The molecule has 1 aromatic rings. The summed E-state index contributed by atoms with van der Waals surface area (Å²) in [6, 6.07) is 5.14. The van der Waals surface area contributed by atoms with Crippen molar-refractivity contribution in [1.29, 1.82) is 0 Å². The summed E-state index contributed by atoms with van der Waals surface area (Å²) in [5, 5.41) is 4.60. The van der Waals surface area contributed by atoms with E-state index in [-0.39, 0.29) is 17.1 Å². The van der Waals surface area contributed by atoms with Crippen molar-refractivity contribution in [3.8, 4) is 0 Å². The number of aliphatic imine (C=N–C) groups is 1. The van der Waals surface area contributed by atoms with Crippen molar-refractivity contribution in [2.75, 3.05) is 5.32 Å². The standard InChI is InChI=1S/C12H12Cl2N2OS/c1-6(2)10-11(17)16-12(18-10)15-9-4-3-7(13)5-8(9)14/h3-6,10H,1-2H3,(H,15,16,17). The molecule has 0 spiro atoms. The fraction of sp³-hybridized carbons (Fsp3) is 0.333. The average molecular weight is 303 g/mol. The molecule has 96 valence electrons. The summed E-state index contributed by atoms with van der Waals surface area (Å²) >= 11 is 13.3. The minimum atomic E-state index is -0.112. The minimum absolute atomic E-state index is 0.0948. The molecule has 0 saturated heterocycles. The second-order valence-electron chi connectivity index (χ2n) is 4.29. The lowest BCUT2D eigenvalue weighted by atomic mass is 10.1. The Kier molecular flexibility index (Phi) is 4.20. The Hall–Kier alpha value is -0.710. The number of carbonyl (C=O) groups is 1. The van der Waals surface area contributed by atoms with Crippen LogP contribution in [0.3, 0.4) is 0 Å². The Balaban J connectivity index is 2.12. The average Bonchev–Trinajstić information content (AvgIpc) is 2.64. The molecule has 18 heavy (non-hydrogen) atoms. The van der Waals surface area contributed by atoms with Crippen LogP contribution >= 0.6 is 35.0 Å². The van der Waals surface area contributed by atoms with Gasteiger partial charge in [0.1, 0.15) is 0 Å². The SMILES string of the molecule is CC(C)C1SC(Nc2ccc(Cl)cc2Cl)=NC1=O. The number of benzene rings is 1. The fourth-order valence-electron chi connectivity index (χ4n) is 1.55. The van der Waals surface area contributed by atoms with E-state index >= 15 is 0 Å². The number of nitrogens with zero attached hydrogens (tertiary/aromatic N) is 1. The van der Waals surface area contributed by atoms with Gasteiger partial charge in [-0.15, -0.1) is 0 Å². The van der Waals surface area contributed by atoms with Crippen LogP contribution in [0.4, 0.5) is 5.69 Å². The largest absolute Gasteiger partial charge is 0.333 e. The van der Waals surface area contributed by atoms with Crippen LogP contribution in [-0.4, -0.2) is 16.3 Å². The third-order valence-electron chi connectivity index (χ3n) is 2.47. The molecular weight excluding hydrogens is 291 g/mol. The number of amides is 1. The smallest absolute Gasteiger partial charge is 0.261 e. The number of halogens is 2. The van der Waals surface area contributed by atoms with Gasteiger partial charge >= 0.3 is 0 Å². The molecule has 0 aromatic heterocycles. The molecule has 3 nitrogen and oxygen atoms in total. The molecule has 1 atom stereocenters. The molecule has 1 amide bonds. The summed E-state index contributed by atoms with van der Waals surface area (Å²) in [5.74, 6) is 0.161. The van der Waals surface area contributed by atoms with E-state index in [1.165, 1.54) is 11.8 Å². The van der Waals surface area contributed by atoms with Crippen molar-refractivity contribution in [3.63, 3.8) is 0 Å². The first-order valence-corrected chi connectivity index (χ1v) is 7.12. The zero-order valence-corrected chi connectivity index (χ0v) is 12.2. The van der Waals surface area contributed by atoms with Crippen molar-refractivity contribution in [2.24, 2.45) is 10.9 Å². The number of carbonyl (C=O) groups excluding carboxylic acids is 1. The summed E-state index contributed by atoms with van der Waals surface area (Å²) in [6.07, 6.45) is 0. The molecule has 1 aromatic carbocycles. The van der Waals surface area contributed by atoms with Gasteiger partial charge in [-0.1, -0.05) is 48.8 Å². The first kappa shape index (κ1) is 13.7. The summed E-state index contributed by atoms with van der Waals surface area (Å²) in [4.78, 5) is 15.6. The lowest BCUT2D eigenvalue weighted by molar-refractivity contribution is -0.117. The van der Waals surface area contributed by atoms with Gasteiger partial charge in [-0.25, -0.2) is 0 Å². The number of anilines is 1. The molecule has 2 rings (SSSR count). The van der Waals surface area contributed by atoms with E-state index in [0.717, 1.165) is 0 Å². The van der Waals surface area contributed by atoms with Crippen LogP contribution < -0.4 is 5.32 Å². The van der Waals surface area contributed by atoms with Gasteiger partial charge in [0.05, 0.1) is 16.0 Å². The van der Waals surface area contributed by atoms with Crippen LogP contribution in [0.1, 0.15) is 13.8 Å².